The molecule has 0 bridgehead atoms. The highest BCUT2D eigenvalue weighted by molar-refractivity contribution is 5.18. The SMILES string of the molecule is N[C@@H](Cn1cncn1)c1ccccc1. The normalized spacial score (nSPS) is 12.6. The van der Waals surface area contributed by atoms with Crippen LogP contribution in [-0.2, 0) is 6.54 Å². The number of rotatable bonds is 3. The van der Waals surface area contributed by atoms with Gasteiger partial charge in [0.1, 0.15) is 12.7 Å². The highest BCUT2D eigenvalue weighted by atomic mass is 15.3. The summed E-state index contributed by atoms with van der Waals surface area (Å²) in [5.74, 6) is 0. The van der Waals surface area contributed by atoms with Gasteiger partial charge in [0.2, 0.25) is 0 Å². The number of nitrogens with zero attached hydrogens (tertiary/aromatic N) is 3. The van der Waals surface area contributed by atoms with Crippen LogP contribution in [0.2, 0.25) is 0 Å². The summed E-state index contributed by atoms with van der Waals surface area (Å²) in [6, 6.07) is 9.94. The molecular formula is C10H12N4. The van der Waals surface area contributed by atoms with Crippen LogP contribution >= 0.6 is 0 Å². The molecule has 0 unspecified atom stereocenters. The molecule has 0 amide bonds. The average Bonchev–Trinajstić information content (AvgIpc) is 2.72. The van der Waals surface area contributed by atoms with Crippen molar-refractivity contribution in [2.24, 2.45) is 5.73 Å². The van der Waals surface area contributed by atoms with Gasteiger partial charge in [-0.15, -0.1) is 0 Å². The minimum atomic E-state index is -0.0297. The van der Waals surface area contributed by atoms with Crippen molar-refractivity contribution < 1.29 is 0 Å². The molecule has 0 fully saturated rings. The highest BCUT2D eigenvalue weighted by Crippen LogP contribution is 2.10. The molecule has 72 valence electrons. The fourth-order valence-electron chi connectivity index (χ4n) is 1.33. The molecular weight excluding hydrogens is 176 g/mol. The first-order valence-corrected chi connectivity index (χ1v) is 4.49. The first-order valence-electron chi connectivity index (χ1n) is 4.49. The number of hydrogen-bond acceptors (Lipinski definition) is 3. The topological polar surface area (TPSA) is 56.7 Å². The third kappa shape index (κ3) is 1.97. The van der Waals surface area contributed by atoms with Gasteiger partial charge in [0.15, 0.2) is 0 Å². The Hall–Kier alpha value is -1.68. The van der Waals surface area contributed by atoms with Crippen molar-refractivity contribution in [2.75, 3.05) is 0 Å². The van der Waals surface area contributed by atoms with Crippen molar-refractivity contribution in [3.63, 3.8) is 0 Å². The minimum Gasteiger partial charge on any atom is -0.322 e. The summed E-state index contributed by atoms with van der Waals surface area (Å²) in [6.07, 6.45) is 3.18. The zero-order chi connectivity index (χ0) is 9.80. The Morgan fingerprint density at radius 2 is 2.07 bits per heavy atom. The summed E-state index contributed by atoms with van der Waals surface area (Å²) in [5, 5.41) is 4.01. The van der Waals surface area contributed by atoms with E-state index >= 15 is 0 Å². The molecule has 0 aliphatic heterocycles. The molecule has 1 atom stereocenters. The Morgan fingerprint density at radius 3 is 2.71 bits per heavy atom. The van der Waals surface area contributed by atoms with Crippen molar-refractivity contribution >= 4 is 0 Å². The number of hydrogen-bond donors (Lipinski definition) is 1. The second kappa shape index (κ2) is 4.02. The lowest BCUT2D eigenvalue weighted by Gasteiger charge is -2.10. The van der Waals surface area contributed by atoms with E-state index < -0.39 is 0 Å². The summed E-state index contributed by atoms with van der Waals surface area (Å²) < 4.78 is 1.73. The number of benzene rings is 1. The Morgan fingerprint density at radius 1 is 1.29 bits per heavy atom. The van der Waals surface area contributed by atoms with Gasteiger partial charge >= 0.3 is 0 Å². The van der Waals surface area contributed by atoms with E-state index in [1.165, 1.54) is 6.33 Å². The van der Waals surface area contributed by atoms with E-state index in [4.69, 9.17) is 5.73 Å². The van der Waals surface area contributed by atoms with Gasteiger partial charge in [-0.05, 0) is 5.56 Å². The quantitative estimate of drug-likeness (QED) is 0.781. The first-order chi connectivity index (χ1) is 6.86. The highest BCUT2D eigenvalue weighted by Gasteiger charge is 2.05. The predicted octanol–water partition coefficient (Wildman–Crippen LogP) is 0.978. The van der Waals surface area contributed by atoms with Gasteiger partial charge in [0, 0.05) is 6.04 Å². The molecule has 2 rings (SSSR count). The smallest absolute Gasteiger partial charge is 0.137 e. The van der Waals surface area contributed by atoms with Gasteiger partial charge < -0.3 is 5.73 Å². The third-order valence-corrected chi connectivity index (χ3v) is 2.08. The molecule has 0 aliphatic carbocycles. The standard InChI is InChI=1S/C10H12N4/c11-10(6-14-8-12-7-13-14)9-4-2-1-3-5-9/h1-5,7-8,10H,6,11H2/t10-/m0/s1. The van der Waals surface area contributed by atoms with Gasteiger partial charge in [-0.1, -0.05) is 30.3 Å². The van der Waals surface area contributed by atoms with Crippen LogP contribution in [0.4, 0.5) is 0 Å². The van der Waals surface area contributed by atoms with E-state index in [2.05, 4.69) is 10.1 Å². The maximum atomic E-state index is 6.00. The molecule has 0 radical (unpaired) electrons. The predicted molar refractivity (Wildman–Crippen MR) is 53.4 cm³/mol. The molecule has 1 aromatic carbocycles. The second-order valence-corrected chi connectivity index (χ2v) is 3.13. The van der Waals surface area contributed by atoms with Crippen LogP contribution in [0.3, 0.4) is 0 Å². The van der Waals surface area contributed by atoms with E-state index in [0.29, 0.717) is 6.54 Å². The zero-order valence-electron chi connectivity index (χ0n) is 7.74. The van der Waals surface area contributed by atoms with Crippen molar-refractivity contribution in [1.29, 1.82) is 0 Å². The molecule has 4 nitrogen and oxygen atoms in total. The molecule has 2 aromatic rings. The van der Waals surface area contributed by atoms with Crippen molar-refractivity contribution in [2.45, 2.75) is 12.6 Å². The maximum Gasteiger partial charge on any atom is 0.137 e. The van der Waals surface area contributed by atoms with Crippen LogP contribution < -0.4 is 5.73 Å². The number of aromatic nitrogens is 3. The van der Waals surface area contributed by atoms with Crippen LogP contribution in [0.25, 0.3) is 0 Å². The van der Waals surface area contributed by atoms with Gasteiger partial charge in [0.25, 0.3) is 0 Å². The fourth-order valence-corrected chi connectivity index (χ4v) is 1.33. The average molecular weight is 188 g/mol. The van der Waals surface area contributed by atoms with Gasteiger partial charge in [-0.25, -0.2) is 4.98 Å². The molecule has 2 N–H and O–H groups in total. The Kier molecular flexibility index (Phi) is 2.55. The largest absolute Gasteiger partial charge is 0.322 e. The fraction of sp³-hybridized carbons (Fsp3) is 0.200. The number of nitrogens with two attached hydrogens (primary N) is 1. The van der Waals surface area contributed by atoms with E-state index in [9.17, 15) is 0 Å². The van der Waals surface area contributed by atoms with Crippen LogP contribution in [0.5, 0.6) is 0 Å². The summed E-state index contributed by atoms with van der Waals surface area (Å²) in [6.45, 7) is 0.657. The molecule has 1 heterocycles. The van der Waals surface area contributed by atoms with Gasteiger partial charge in [-0.3, -0.25) is 4.68 Å². The van der Waals surface area contributed by atoms with E-state index in [1.54, 1.807) is 11.0 Å². The Balaban J connectivity index is 2.07. The minimum absolute atomic E-state index is 0.0297. The van der Waals surface area contributed by atoms with E-state index in [0.717, 1.165) is 5.56 Å². The van der Waals surface area contributed by atoms with Crippen molar-refractivity contribution in [3.8, 4) is 0 Å². The molecule has 14 heavy (non-hydrogen) atoms. The monoisotopic (exact) mass is 188 g/mol. The van der Waals surface area contributed by atoms with Crippen molar-refractivity contribution in [1.82, 2.24) is 14.8 Å². The van der Waals surface area contributed by atoms with E-state index in [1.807, 2.05) is 30.3 Å². The summed E-state index contributed by atoms with van der Waals surface area (Å²) >= 11 is 0. The Labute approximate surface area is 82.4 Å². The molecule has 0 saturated heterocycles. The zero-order valence-corrected chi connectivity index (χ0v) is 7.74. The van der Waals surface area contributed by atoms with Crippen LogP contribution in [0.15, 0.2) is 43.0 Å². The summed E-state index contributed by atoms with van der Waals surface area (Å²) in [4.78, 5) is 3.87. The van der Waals surface area contributed by atoms with E-state index in [-0.39, 0.29) is 6.04 Å². The van der Waals surface area contributed by atoms with Crippen LogP contribution in [-0.4, -0.2) is 14.8 Å². The van der Waals surface area contributed by atoms with Gasteiger partial charge in [-0.2, -0.15) is 5.10 Å². The summed E-state index contributed by atoms with van der Waals surface area (Å²) in [5.41, 5.74) is 7.11. The lowest BCUT2D eigenvalue weighted by Crippen LogP contribution is -2.17. The molecule has 0 aliphatic rings. The lowest BCUT2D eigenvalue weighted by atomic mass is 10.1. The summed E-state index contributed by atoms with van der Waals surface area (Å²) in [7, 11) is 0. The second-order valence-electron chi connectivity index (χ2n) is 3.13. The maximum absolute atomic E-state index is 6.00. The molecule has 4 heteroatoms. The Bertz CT molecular complexity index is 368. The molecule has 1 aromatic heterocycles. The molecule has 0 saturated carbocycles. The van der Waals surface area contributed by atoms with Crippen LogP contribution in [0, 0.1) is 0 Å². The molecule has 0 spiro atoms. The lowest BCUT2D eigenvalue weighted by molar-refractivity contribution is 0.526. The first kappa shape index (κ1) is 8.90. The van der Waals surface area contributed by atoms with Crippen molar-refractivity contribution in [3.05, 3.63) is 48.5 Å². The third-order valence-electron chi connectivity index (χ3n) is 2.08. The van der Waals surface area contributed by atoms with Crippen LogP contribution in [0.1, 0.15) is 11.6 Å². The van der Waals surface area contributed by atoms with Gasteiger partial charge in [0.05, 0.1) is 6.54 Å².